The molecule has 0 aromatic heterocycles. The predicted molar refractivity (Wildman–Crippen MR) is 139 cm³/mol. The molecule has 1 aliphatic carbocycles. The zero-order chi connectivity index (χ0) is 22.9. The molecule has 6 aliphatic rings. The maximum Gasteiger partial charge on any atom is 0.240 e. The van der Waals surface area contributed by atoms with E-state index in [2.05, 4.69) is 77.1 Å². The van der Waals surface area contributed by atoms with E-state index < -0.39 is 0 Å². The first-order valence-corrected chi connectivity index (χ1v) is 13.4. The molecule has 6 heteroatoms. The van der Waals surface area contributed by atoms with Gasteiger partial charge in [0, 0.05) is 22.5 Å². The third-order valence-electron chi connectivity index (χ3n) is 7.13. The number of ether oxygens (including phenoxy) is 2. The van der Waals surface area contributed by atoms with E-state index >= 15 is 0 Å². The van der Waals surface area contributed by atoms with Gasteiger partial charge in [-0.3, -0.25) is 0 Å². The molecule has 2 atom stereocenters. The highest BCUT2D eigenvalue weighted by Crippen LogP contribution is 2.42. The summed E-state index contributed by atoms with van der Waals surface area (Å²) in [6.45, 7) is 0. The number of methoxy groups -OCH3 is 1. The topological polar surface area (TPSA) is 46.1 Å². The maximum atomic E-state index is 6.46. The first-order valence-electron chi connectivity index (χ1n) is 12.1. The van der Waals surface area contributed by atoms with Gasteiger partial charge in [-0.2, -0.15) is 0 Å². The average molecular weight is 472 g/mol. The van der Waals surface area contributed by atoms with Crippen LogP contribution in [0.1, 0.15) is 48.6 Å². The number of hydrazone groups is 1. The quantitative estimate of drug-likeness (QED) is 0.424. The summed E-state index contributed by atoms with van der Waals surface area (Å²) in [6.07, 6.45) is 5.72. The van der Waals surface area contributed by atoms with Crippen LogP contribution in [0.3, 0.4) is 0 Å². The Morgan fingerprint density at radius 1 is 0.941 bits per heavy atom. The second kappa shape index (κ2) is 9.31. The molecular formula is C28H30N3O2P. The van der Waals surface area contributed by atoms with Gasteiger partial charge in [0.2, 0.25) is 12.1 Å². The molecule has 0 saturated heterocycles. The molecule has 2 unspecified atom stereocenters. The van der Waals surface area contributed by atoms with E-state index in [-0.39, 0.29) is 6.23 Å². The smallest absolute Gasteiger partial charge is 0.240 e. The van der Waals surface area contributed by atoms with Crippen LogP contribution in [-0.4, -0.2) is 29.7 Å². The minimum absolute atomic E-state index is 0.166. The molecule has 3 aromatic rings. The van der Waals surface area contributed by atoms with Gasteiger partial charge in [0.25, 0.3) is 0 Å². The van der Waals surface area contributed by atoms with Gasteiger partial charge in [0.1, 0.15) is 5.75 Å². The highest BCUT2D eigenvalue weighted by molar-refractivity contribution is 7.38. The molecule has 9 rings (SSSR count). The third kappa shape index (κ3) is 4.25. The Labute approximate surface area is 202 Å². The molecule has 5 heterocycles. The minimum Gasteiger partial charge on any atom is -0.496 e. The van der Waals surface area contributed by atoms with Crippen molar-refractivity contribution >= 4 is 25.9 Å². The molecule has 34 heavy (non-hydrogen) atoms. The van der Waals surface area contributed by atoms with Crippen LogP contribution in [-0.2, 0) is 10.9 Å². The van der Waals surface area contributed by atoms with Crippen molar-refractivity contribution < 1.29 is 9.47 Å². The number of nitrogens with one attached hydrogen (secondary N) is 1. The molecule has 0 spiro atoms. The minimum atomic E-state index is -0.166. The standard InChI is InChI=1S/C28H30N3O2P/c1-32-26-5-3-2-4-21(26)18-34-25-16-14-24(15-17-25)31-28-20-8-12-23(13-9-20)29-22-10-6-19(7-11-22)27(30-31)33-28/h2-13,24-25,28-29,34H,14-18H2,1H3. The second-order valence-electron chi connectivity index (χ2n) is 9.28. The monoisotopic (exact) mass is 471 g/mol. The number of benzene rings is 3. The third-order valence-corrected chi connectivity index (χ3v) is 8.87. The van der Waals surface area contributed by atoms with E-state index in [0.717, 1.165) is 67.4 Å². The SMILES string of the molecule is COc1ccccc1CPC1CCC(N2N=C3OC2c2ccc(cc2)Nc2ccc3cc2)CC1. The van der Waals surface area contributed by atoms with Crippen LogP contribution in [0, 0.1) is 0 Å². The second-order valence-corrected chi connectivity index (χ2v) is 10.9. The normalized spacial score (nSPS) is 23.3. The number of rotatable bonds is 5. The van der Waals surface area contributed by atoms with Gasteiger partial charge in [-0.15, -0.1) is 13.7 Å². The van der Waals surface area contributed by atoms with Crippen LogP contribution >= 0.6 is 8.58 Å². The Hall–Kier alpha value is -3.04. The van der Waals surface area contributed by atoms with Crippen LogP contribution in [0.25, 0.3) is 0 Å². The van der Waals surface area contributed by atoms with E-state index in [1.54, 1.807) is 7.11 Å². The van der Waals surface area contributed by atoms with Gasteiger partial charge in [0.05, 0.1) is 13.2 Å². The lowest BCUT2D eigenvalue weighted by atomic mass is 9.94. The van der Waals surface area contributed by atoms with Crippen LogP contribution < -0.4 is 10.1 Å². The number of nitrogens with zero attached hydrogens (tertiary/aromatic N) is 2. The molecule has 1 saturated carbocycles. The van der Waals surface area contributed by atoms with E-state index in [1.807, 2.05) is 6.07 Å². The Kier molecular flexibility index (Phi) is 5.88. The van der Waals surface area contributed by atoms with Crippen LogP contribution in [0.2, 0.25) is 0 Å². The molecular weight excluding hydrogens is 441 g/mol. The van der Waals surface area contributed by atoms with Crippen molar-refractivity contribution in [1.29, 1.82) is 0 Å². The van der Waals surface area contributed by atoms with Gasteiger partial charge in [-0.25, -0.2) is 5.01 Å². The van der Waals surface area contributed by atoms with Gasteiger partial charge in [0.15, 0.2) is 0 Å². The average Bonchev–Trinajstić information content (AvgIpc) is 3.34. The molecule has 1 N–H and O–H groups in total. The molecule has 6 bridgehead atoms. The lowest BCUT2D eigenvalue weighted by Crippen LogP contribution is -2.35. The molecule has 5 aliphatic heterocycles. The summed E-state index contributed by atoms with van der Waals surface area (Å²) in [5.74, 6) is 1.74. The first kappa shape index (κ1) is 21.5. The fourth-order valence-corrected chi connectivity index (χ4v) is 6.74. The molecule has 0 amide bonds. The van der Waals surface area contributed by atoms with Crippen molar-refractivity contribution in [3.05, 3.63) is 89.5 Å². The van der Waals surface area contributed by atoms with Gasteiger partial charge in [-0.05, 0) is 85.5 Å². The Morgan fingerprint density at radius 2 is 1.65 bits per heavy atom. The first-order chi connectivity index (χ1) is 16.8. The summed E-state index contributed by atoms with van der Waals surface area (Å²) in [4.78, 5) is 0. The number of para-hydroxylation sites is 1. The highest BCUT2D eigenvalue weighted by Gasteiger charge is 2.37. The fraction of sp³-hybridized carbons (Fsp3) is 0.321. The van der Waals surface area contributed by atoms with Crippen LogP contribution in [0.4, 0.5) is 11.4 Å². The van der Waals surface area contributed by atoms with Crippen molar-refractivity contribution in [3.63, 3.8) is 0 Å². The molecule has 174 valence electrons. The molecule has 1 fully saturated rings. The van der Waals surface area contributed by atoms with E-state index in [1.165, 1.54) is 18.4 Å². The Balaban J connectivity index is 1.17. The number of hydrogen-bond donors (Lipinski definition) is 1. The van der Waals surface area contributed by atoms with Crippen molar-refractivity contribution in [2.75, 3.05) is 12.4 Å². The number of anilines is 2. The van der Waals surface area contributed by atoms with Gasteiger partial charge in [-0.1, -0.05) is 30.3 Å². The van der Waals surface area contributed by atoms with Crippen molar-refractivity contribution in [3.8, 4) is 5.75 Å². The summed E-state index contributed by atoms with van der Waals surface area (Å²) in [7, 11) is 2.69. The van der Waals surface area contributed by atoms with Gasteiger partial charge >= 0.3 is 0 Å². The van der Waals surface area contributed by atoms with Crippen molar-refractivity contribution in [2.45, 2.75) is 49.8 Å². The highest BCUT2D eigenvalue weighted by atomic mass is 31.1. The summed E-state index contributed by atoms with van der Waals surface area (Å²) in [6, 6.07) is 25.7. The zero-order valence-electron chi connectivity index (χ0n) is 19.4. The summed E-state index contributed by atoms with van der Waals surface area (Å²) in [5.41, 5.74) is 6.43. The molecule has 0 radical (unpaired) electrons. The molecule has 5 nitrogen and oxygen atoms in total. The van der Waals surface area contributed by atoms with Crippen LogP contribution in [0.15, 0.2) is 77.9 Å². The zero-order valence-corrected chi connectivity index (χ0v) is 20.4. The predicted octanol–water partition coefficient (Wildman–Crippen LogP) is 6.63. The lowest BCUT2D eigenvalue weighted by molar-refractivity contribution is 0.0107. The van der Waals surface area contributed by atoms with E-state index in [4.69, 9.17) is 14.6 Å². The van der Waals surface area contributed by atoms with Crippen molar-refractivity contribution in [1.82, 2.24) is 5.01 Å². The number of hydrogen-bond acceptors (Lipinski definition) is 5. The Bertz CT molecular complexity index is 1170. The lowest BCUT2D eigenvalue weighted by Gasteiger charge is -2.35. The van der Waals surface area contributed by atoms with E-state index in [9.17, 15) is 0 Å². The van der Waals surface area contributed by atoms with E-state index in [0.29, 0.717) is 6.04 Å². The van der Waals surface area contributed by atoms with Crippen molar-refractivity contribution in [2.24, 2.45) is 5.10 Å². The molecule has 3 aromatic carbocycles. The summed E-state index contributed by atoms with van der Waals surface area (Å²) >= 11 is 0. The van der Waals surface area contributed by atoms with Gasteiger partial charge < -0.3 is 14.8 Å². The van der Waals surface area contributed by atoms with Crippen LogP contribution in [0.5, 0.6) is 5.75 Å². The largest absolute Gasteiger partial charge is 0.496 e. The summed E-state index contributed by atoms with van der Waals surface area (Å²) < 4.78 is 12.0. The fourth-order valence-electron chi connectivity index (χ4n) is 5.20. The summed E-state index contributed by atoms with van der Waals surface area (Å²) in [5, 5.41) is 10.7. The maximum absolute atomic E-state index is 6.46. The Morgan fingerprint density at radius 3 is 2.38 bits per heavy atom.